The Morgan fingerprint density at radius 2 is 1.94 bits per heavy atom. The highest BCUT2D eigenvalue weighted by atomic mass is 19.3. The molecule has 0 heterocycles. The van der Waals surface area contributed by atoms with Gasteiger partial charge >= 0.3 is 0 Å². The van der Waals surface area contributed by atoms with Gasteiger partial charge in [0.2, 0.25) is 12.5 Å². The predicted molar refractivity (Wildman–Crippen MR) is 59.8 cm³/mol. The molecule has 2 rings (SSSR count). The molecule has 2 nitrogen and oxygen atoms in total. The van der Waals surface area contributed by atoms with E-state index in [1.54, 1.807) is 6.08 Å². The fourth-order valence-electron chi connectivity index (χ4n) is 1.93. The first-order chi connectivity index (χ1) is 8.16. The number of benzene rings is 1. The summed E-state index contributed by atoms with van der Waals surface area (Å²) in [7, 11) is 0. The second-order valence-electron chi connectivity index (χ2n) is 4.36. The predicted octanol–water partition coefficient (Wildman–Crippen LogP) is 3.21. The molecular weight excluding hydrogens is 224 g/mol. The smallest absolute Gasteiger partial charge is 0.211 e. The fourth-order valence-corrected chi connectivity index (χ4v) is 1.93. The molecule has 0 amide bonds. The van der Waals surface area contributed by atoms with Gasteiger partial charge < -0.3 is 0 Å². The number of nitrogens with zero attached hydrogens (tertiary/aromatic N) is 1. The van der Waals surface area contributed by atoms with Crippen LogP contribution in [0.4, 0.5) is 8.78 Å². The maximum atomic E-state index is 12.0. The third-order valence-corrected chi connectivity index (χ3v) is 3.13. The summed E-state index contributed by atoms with van der Waals surface area (Å²) >= 11 is 0. The number of aryl methyl sites for hydroxylation is 1. The lowest BCUT2D eigenvalue weighted by Crippen LogP contribution is -2.02. The molecule has 0 spiro atoms. The molecule has 0 radical (unpaired) electrons. The Hall–Kier alpha value is -1.54. The molecule has 0 atom stereocenters. The Morgan fingerprint density at radius 1 is 1.29 bits per heavy atom. The van der Waals surface area contributed by atoms with Crippen LogP contribution < -0.4 is 0 Å². The molecule has 0 N–H and O–H groups in total. The second kappa shape index (κ2) is 4.76. The van der Waals surface area contributed by atoms with Crippen LogP contribution in [0.1, 0.15) is 30.4 Å². The molecule has 90 valence electrons. The summed E-state index contributed by atoms with van der Waals surface area (Å²) in [5, 5.41) is 0. The minimum absolute atomic E-state index is 0.114. The van der Waals surface area contributed by atoms with E-state index in [0.29, 0.717) is 6.42 Å². The zero-order valence-electron chi connectivity index (χ0n) is 9.33. The highest BCUT2D eigenvalue weighted by Crippen LogP contribution is 2.49. The third-order valence-electron chi connectivity index (χ3n) is 3.13. The first kappa shape index (κ1) is 11.9. The summed E-state index contributed by atoms with van der Waals surface area (Å²) in [6.07, 6.45) is 1.32. The van der Waals surface area contributed by atoms with Gasteiger partial charge in [-0.25, -0.2) is 13.6 Å². The Kier molecular flexibility index (Phi) is 3.34. The van der Waals surface area contributed by atoms with Gasteiger partial charge in [-0.15, -0.1) is 0 Å². The van der Waals surface area contributed by atoms with E-state index in [-0.39, 0.29) is 12.0 Å². The van der Waals surface area contributed by atoms with Crippen molar-refractivity contribution in [3.8, 4) is 0 Å². The van der Waals surface area contributed by atoms with Crippen LogP contribution in [0.5, 0.6) is 0 Å². The van der Waals surface area contributed by atoms with Gasteiger partial charge in [0.15, 0.2) is 0 Å². The average molecular weight is 237 g/mol. The number of aliphatic imine (C=N–C) groups is 1. The Morgan fingerprint density at radius 3 is 2.41 bits per heavy atom. The lowest BCUT2D eigenvalue weighted by Gasteiger charge is -2.09. The highest BCUT2D eigenvalue weighted by molar-refractivity contribution is 5.41. The standard InChI is InChI=1S/C13H13F2NO/c14-12(15)6-3-10-1-4-11(5-2-10)13(7-8-13)16-9-17/h1-2,4-5,12H,3,6-8H2. The van der Waals surface area contributed by atoms with Gasteiger partial charge in [0.05, 0.1) is 5.54 Å². The normalized spacial score (nSPS) is 16.6. The summed E-state index contributed by atoms with van der Waals surface area (Å²) in [6, 6.07) is 7.40. The molecule has 1 aliphatic carbocycles. The zero-order chi connectivity index (χ0) is 12.3. The van der Waals surface area contributed by atoms with Gasteiger partial charge in [0, 0.05) is 6.42 Å². The molecule has 17 heavy (non-hydrogen) atoms. The van der Waals surface area contributed by atoms with Gasteiger partial charge in [-0.1, -0.05) is 24.3 Å². The second-order valence-corrected chi connectivity index (χ2v) is 4.36. The minimum Gasteiger partial charge on any atom is -0.211 e. The van der Waals surface area contributed by atoms with Crippen molar-refractivity contribution in [1.82, 2.24) is 0 Å². The molecular formula is C13H13F2NO. The van der Waals surface area contributed by atoms with E-state index in [1.165, 1.54) is 0 Å². The topological polar surface area (TPSA) is 29.4 Å². The third kappa shape index (κ3) is 2.77. The van der Waals surface area contributed by atoms with E-state index in [0.717, 1.165) is 24.0 Å². The van der Waals surface area contributed by atoms with E-state index >= 15 is 0 Å². The molecule has 1 aliphatic rings. The van der Waals surface area contributed by atoms with E-state index in [1.807, 2.05) is 24.3 Å². The van der Waals surface area contributed by atoms with Gasteiger partial charge in [0.25, 0.3) is 0 Å². The Balaban J connectivity index is 2.06. The Labute approximate surface area is 98.4 Å². The molecule has 4 heteroatoms. The zero-order valence-corrected chi connectivity index (χ0v) is 9.33. The summed E-state index contributed by atoms with van der Waals surface area (Å²) in [5.41, 5.74) is 1.49. The van der Waals surface area contributed by atoms with Crippen molar-refractivity contribution in [1.29, 1.82) is 0 Å². The lowest BCUT2D eigenvalue weighted by atomic mass is 10.0. The number of hydrogen-bond donors (Lipinski definition) is 0. The van der Waals surface area contributed by atoms with Crippen molar-refractivity contribution in [2.45, 2.75) is 37.6 Å². The Bertz CT molecular complexity index is 431. The number of alkyl halides is 2. The number of halogens is 2. The molecule has 1 saturated carbocycles. The van der Waals surface area contributed by atoms with E-state index in [9.17, 15) is 13.6 Å². The van der Waals surface area contributed by atoms with Crippen LogP contribution in [0.25, 0.3) is 0 Å². The molecule has 1 fully saturated rings. The van der Waals surface area contributed by atoms with Crippen molar-refractivity contribution < 1.29 is 13.6 Å². The van der Waals surface area contributed by atoms with Crippen molar-refractivity contribution in [2.75, 3.05) is 0 Å². The molecule has 1 aromatic rings. The van der Waals surface area contributed by atoms with E-state index in [2.05, 4.69) is 4.99 Å². The van der Waals surface area contributed by atoms with Gasteiger partial charge in [-0.05, 0) is 30.4 Å². The molecule has 0 bridgehead atoms. The van der Waals surface area contributed by atoms with Crippen molar-refractivity contribution in [3.63, 3.8) is 0 Å². The summed E-state index contributed by atoms with van der Waals surface area (Å²) in [5.74, 6) is 0. The average Bonchev–Trinajstić information content (AvgIpc) is 3.09. The number of isocyanates is 1. The number of carbonyl (C=O) groups excluding carboxylic acids is 1. The monoisotopic (exact) mass is 237 g/mol. The van der Waals surface area contributed by atoms with Crippen molar-refractivity contribution >= 4 is 6.08 Å². The lowest BCUT2D eigenvalue weighted by molar-refractivity contribution is 0.138. The van der Waals surface area contributed by atoms with Crippen molar-refractivity contribution in [3.05, 3.63) is 35.4 Å². The summed E-state index contributed by atoms with van der Waals surface area (Å²) < 4.78 is 24.1. The van der Waals surface area contributed by atoms with Crippen LogP contribution in [0.2, 0.25) is 0 Å². The molecule has 1 aromatic carbocycles. The molecule has 0 saturated heterocycles. The quantitative estimate of drug-likeness (QED) is 0.571. The first-order valence-corrected chi connectivity index (χ1v) is 5.63. The van der Waals surface area contributed by atoms with Crippen LogP contribution in [0.3, 0.4) is 0 Å². The first-order valence-electron chi connectivity index (χ1n) is 5.63. The number of hydrogen-bond acceptors (Lipinski definition) is 2. The summed E-state index contributed by atoms with van der Waals surface area (Å²) in [4.78, 5) is 14.1. The van der Waals surface area contributed by atoms with Crippen LogP contribution in [-0.2, 0) is 16.8 Å². The molecule has 0 unspecified atom stereocenters. The van der Waals surface area contributed by atoms with Crippen LogP contribution >= 0.6 is 0 Å². The van der Waals surface area contributed by atoms with E-state index in [4.69, 9.17) is 0 Å². The SMILES string of the molecule is O=C=NC1(c2ccc(CCC(F)F)cc2)CC1. The largest absolute Gasteiger partial charge is 0.239 e. The van der Waals surface area contributed by atoms with E-state index < -0.39 is 6.43 Å². The van der Waals surface area contributed by atoms with Gasteiger partial charge in [-0.2, -0.15) is 4.99 Å². The fraction of sp³-hybridized carbons (Fsp3) is 0.462. The highest BCUT2D eigenvalue weighted by Gasteiger charge is 2.44. The number of rotatable bonds is 5. The van der Waals surface area contributed by atoms with Gasteiger partial charge in [-0.3, -0.25) is 0 Å². The molecule has 0 aliphatic heterocycles. The van der Waals surface area contributed by atoms with Gasteiger partial charge in [0.1, 0.15) is 0 Å². The minimum atomic E-state index is -2.26. The van der Waals surface area contributed by atoms with Crippen LogP contribution in [0.15, 0.2) is 29.3 Å². The maximum Gasteiger partial charge on any atom is 0.239 e. The van der Waals surface area contributed by atoms with Crippen molar-refractivity contribution in [2.24, 2.45) is 4.99 Å². The van der Waals surface area contributed by atoms with Crippen LogP contribution in [0, 0.1) is 0 Å². The molecule has 0 aromatic heterocycles. The van der Waals surface area contributed by atoms with Crippen LogP contribution in [-0.4, -0.2) is 12.5 Å². The summed E-state index contributed by atoms with van der Waals surface area (Å²) in [6.45, 7) is 0. The maximum absolute atomic E-state index is 12.0.